The molecule has 1 fully saturated rings. The summed E-state index contributed by atoms with van der Waals surface area (Å²) in [5, 5.41) is 3.07. The van der Waals surface area contributed by atoms with Crippen molar-refractivity contribution in [3.8, 4) is 11.1 Å². The van der Waals surface area contributed by atoms with Gasteiger partial charge in [-0.2, -0.15) is 30.6 Å². The highest BCUT2D eigenvalue weighted by atomic mass is 32.2. The Morgan fingerprint density at radius 1 is 1.07 bits per heavy atom. The van der Waals surface area contributed by atoms with E-state index in [0.717, 1.165) is 42.2 Å². The highest BCUT2D eigenvalue weighted by Crippen LogP contribution is 2.32. The summed E-state index contributed by atoms with van der Waals surface area (Å²) in [6, 6.07) is 10.1. The van der Waals surface area contributed by atoms with E-state index in [-0.39, 0.29) is 16.7 Å². The number of benzene rings is 2. The molecule has 11 nitrogen and oxygen atoms in total. The molecule has 0 radical (unpaired) electrons. The number of halogens is 5. The Morgan fingerprint density at radius 3 is 2.37 bits per heavy atom. The van der Waals surface area contributed by atoms with Gasteiger partial charge in [0.2, 0.25) is 5.78 Å². The number of pyridine rings is 1. The predicted octanol–water partition coefficient (Wildman–Crippen LogP) is 3.75. The normalized spacial score (nSPS) is 14.1. The maximum atomic E-state index is 15.6. The lowest BCUT2D eigenvalue weighted by atomic mass is 9.99. The SMILES string of the molecule is CCN(C)S(=O)(=O)Nc1ccc(F)c(C(=O)c2cn(OC(=O)C(F)(F)F)c3ncc(-c4ccc(N5CCNCC5)cc4)cc23)c1F. The van der Waals surface area contributed by atoms with Gasteiger partial charge in [0.25, 0.3) is 0 Å². The zero-order valence-electron chi connectivity index (χ0n) is 24.4. The third kappa shape index (κ3) is 6.52. The second-order valence-corrected chi connectivity index (χ2v) is 12.0. The number of aromatic nitrogens is 2. The Hall–Kier alpha value is -4.61. The highest BCUT2D eigenvalue weighted by Gasteiger charge is 2.42. The number of piperazine rings is 1. The number of carbonyl (C=O) groups is 2. The number of fused-ring (bicyclic) bond motifs is 1. The summed E-state index contributed by atoms with van der Waals surface area (Å²) in [5.74, 6) is -6.96. The third-order valence-corrected chi connectivity index (χ3v) is 8.92. The minimum atomic E-state index is -5.41. The van der Waals surface area contributed by atoms with Gasteiger partial charge in [0.1, 0.15) is 5.82 Å². The standard InChI is InChI=1S/C29H27F5N6O5S/c1-3-38(2)46(43,44)37-23-9-8-22(30)24(25(23)31)26(41)21-16-40(45-28(42)29(32,33)34)27-20(21)14-18(15-36-27)17-4-6-19(7-5-17)39-12-10-35-11-13-39/h4-9,14-16,35,37H,3,10-13H2,1-2H3. The number of alkyl halides is 3. The second-order valence-electron chi connectivity index (χ2n) is 10.3. The molecule has 5 rings (SSSR count). The third-order valence-electron chi connectivity index (χ3n) is 7.36. The van der Waals surface area contributed by atoms with Crippen LogP contribution in [0.15, 0.2) is 54.9 Å². The summed E-state index contributed by atoms with van der Waals surface area (Å²) in [7, 11) is -3.08. The molecule has 0 aliphatic carbocycles. The number of hydrogen-bond acceptors (Lipinski definition) is 8. The molecule has 17 heteroatoms. The lowest BCUT2D eigenvalue weighted by Crippen LogP contribution is -2.43. The number of hydrogen-bond donors (Lipinski definition) is 2. The smallest absolute Gasteiger partial charge is 0.369 e. The van der Waals surface area contributed by atoms with Crippen LogP contribution in [0.5, 0.6) is 0 Å². The molecule has 244 valence electrons. The van der Waals surface area contributed by atoms with E-state index in [9.17, 15) is 31.2 Å². The first-order valence-corrected chi connectivity index (χ1v) is 15.3. The molecule has 0 unspecified atom stereocenters. The zero-order chi connectivity index (χ0) is 33.4. The molecule has 4 aromatic rings. The Kier molecular flexibility index (Phi) is 9.01. The highest BCUT2D eigenvalue weighted by molar-refractivity contribution is 7.90. The van der Waals surface area contributed by atoms with E-state index in [1.807, 2.05) is 16.9 Å². The van der Waals surface area contributed by atoms with Crippen molar-refractivity contribution >= 4 is 44.4 Å². The van der Waals surface area contributed by atoms with E-state index in [1.54, 1.807) is 12.1 Å². The molecule has 2 N–H and O–H groups in total. The van der Waals surface area contributed by atoms with E-state index in [1.165, 1.54) is 26.2 Å². The number of ketones is 1. The monoisotopic (exact) mass is 666 g/mol. The van der Waals surface area contributed by atoms with Gasteiger partial charge in [0.15, 0.2) is 11.5 Å². The number of anilines is 2. The largest absolute Gasteiger partial charge is 0.493 e. The molecular weight excluding hydrogens is 639 g/mol. The van der Waals surface area contributed by atoms with Crippen LogP contribution in [0.1, 0.15) is 22.8 Å². The molecule has 0 spiro atoms. The average Bonchev–Trinajstić information content (AvgIpc) is 3.39. The van der Waals surface area contributed by atoms with Crippen LogP contribution in [0.2, 0.25) is 0 Å². The van der Waals surface area contributed by atoms with E-state index in [0.29, 0.717) is 23.4 Å². The summed E-state index contributed by atoms with van der Waals surface area (Å²) in [6.07, 6.45) is -3.49. The van der Waals surface area contributed by atoms with Gasteiger partial charge in [-0.3, -0.25) is 9.52 Å². The van der Waals surface area contributed by atoms with Crippen molar-refractivity contribution in [2.45, 2.75) is 13.1 Å². The molecule has 1 saturated heterocycles. The number of nitrogens with zero attached hydrogens (tertiary/aromatic N) is 4. The molecule has 0 atom stereocenters. The maximum Gasteiger partial charge on any atom is 0.493 e. The topological polar surface area (TPSA) is 126 Å². The van der Waals surface area contributed by atoms with Crippen LogP contribution in [0, 0.1) is 11.6 Å². The van der Waals surface area contributed by atoms with Gasteiger partial charge < -0.3 is 15.1 Å². The van der Waals surface area contributed by atoms with Crippen LogP contribution >= 0.6 is 0 Å². The van der Waals surface area contributed by atoms with Crippen LogP contribution in [0.25, 0.3) is 22.2 Å². The minimum Gasteiger partial charge on any atom is -0.369 e. The van der Waals surface area contributed by atoms with Gasteiger partial charge >= 0.3 is 22.4 Å². The van der Waals surface area contributed by atoms with Crippen molar-refractivity contribution in [1.82, 2.24) is 19.3 Å². The fourth-order valence-electron chi connectivity index (χ4n) is 4.78. The molecule has 3 heterocycles. The minimum absolute atomic E-state index is 0.00782. The van der Waals surface area contributed by atoms with E-state index in [4.69, 9.17) is 0 Å². The van der Waals surface area contributed by atoms with Crippen molar-refractivity contribution in [2.24, 2.45) is 0 Å². The first-order chi connectivity index (χ1) is 21.7. The molecule has 1 aliphatic rings. The lowest BCUT2D eigenvalue weighted by molar-refractivity contribution is -0.199. The van der Waals surface area contributed by atoms with Crippen LogP contribution < -0.4 is 19.8 Å². The summed E-state index contributed by atoms with van der Waals surface area (Å²) in [5.41, 5.74) is -1.01. The van der Waals surface area contributed by atoms with Crippen LogP contribution in [0.3, 0.4) is 0 Å². The van der Waals surface area contributed by atoms with Gasteiger partial charge in [-0.15, -0.1) is 0 Å². The van der Waals surface area contributed by atoms with Crippen molar-refractivity contribution < 1.29 is 44.8 Å². The molecule has 1 aliphatic heterocycles. The van der Waals surface area contributed by atoms with Crippen molar-refractivity contribution in [1.29, 1.82) is 0 Å². The Bertz CT molecular complexity index is 1910. The summed E-state index contributed by atoms with van der Waals surface area (Å²) >= 11 is 0. The van der Waals surface area contributed by atoms with Gasteiger partial charge in [0, 0.05) is 62.6 Å². The Balaban J connectivity index is 1.60. The fourth-order valence-corrected chi connectivity index (χ4v) is 5.71. The summed E-state index contributed by atoms with van der Waals surface area (Å²) < 4.78 is 97.8. The Labute approximate surface area is 259 Å². The predicted molar refractivity (Wildman–Crippen MR) is 159 cm³/mol. The van der Waals surface area contributed by atoms with Crippen LogP contribution in [-0.2, 0) is 15.0 Å². The van der Waals surface area contributed by atoms with Gasteiger partial charge in [-0.05, 0) is 35.9 Å². The van der Waals surface area contributed by atoms with Crippen LogP contribution in [-0.4, -0.2) is 80.1 Å². The second kappa shape index (κ2) is 12.6. The van der Waals surface area contributed by atoms with Crippen molar-refractivity contribution in [3.05, 3.63) is 77.6 Å². The number of nitrogens with one attached hydrogen (secondary N) is 2. The van der Waals surface area contributed by atoms with E-state index >= 15 is 8.78 Å². The number of carbonyl (C=O) groups excluding carboxylic acids is 2. The van der Waals surface area contributed by atoms with Crippen molar-refractivity contribution in [2.75, 3.05) is 49.4 Å². The number of rotatable bonds is 9. The van der Waals surface area contributed by atoms with Gasteiger partial charge in [-0.25, -0.2) is 18.6 Å². The quantitative estimate of drug-likeness (QED) is 0.205. The van der Waals surface area contributed by atoms with E-state index < -0.39 is 62.2 Å². The molecule has 46 heavy (non-hydrogen) atoms. The molecule has 0 amide bonds. The first-order valence-electron chi connectivity index (χ1n) is 13.8. The molecule has 2 aromatic heterocycles. The molecule has 0 bridgehead atoms. The maximum absolute atomic E-state index is 15.6. The fraction of sp³-hybridized carbons (Fsp3) is 0.276. The zero-order valence-corrected chi connectivity index (χ0v) is 25.2. The Morgan fingerprint density at radius 2 is 1.74 bits per heavy atom. The summed E-state index contributed by atoms with van der Waals surface area (Å²) in [6.45, 7) is 4.76. The van der Waals surface area contributed by atoms with Gasteiger partial charge in [0.05, 0.1) is 23.0 Å². The van der Waals surface area contributed by atoms with E-state index in [2.05, 4.69) is 20.0 Å². The molecule has 2 aromatic carbocycles. The average molecular weight is 667 g/mol. The molecule has 0 saturated carbocycles. The first kappa shape index (κ1) is 32.8. The van der Waals surface area contributed by atoms with Gasteiger partial charge in [-0.1, -0.05) is 19.1 Å². The lowest BCUT2D eigenvalue weighted by Gasteiger charge is -2.29. The van der Waals surface area contributed by atoms with Crippen molar-refractivity contribution in [3.63, 3.8) is 0 Å². The molecular formula is C29H27F5N6O5S. The summed E-state index contributed by atoms with van der Waals surface area (Å²) in [4.78, 5) is 36.1. The van der Waals surface area contributed by atoms with Crippen LogP contribution in [0.4, 0.5) is 33.3 Å².